The Morgan fingerprint density at radius 1 is 1.17 bits per heavy atom. The fourth-order valence-corrected chi connectivity index (χ4v) is 3.77. The molecule has 1 aliphatic carbocycles. The van der Waals surface area contributed by atoms with Crippen molar-refractivity contribution in [3.63, 3.8) is 0 Å². The van der Waals surface area contributed by atoms with Crippen LogP contribution >= 0.6 is 0 Å². The molecule has 0 radical (unpaired) electrons. The average Bonchev–Trinajstić information content (AvgIpc) is 2.70. The number of carbonyl (C=O) groups excluding carboxylic acids is 1. The molecule has 0 saturated heterocycles. The molecule has 3 rings (SSSR count). The van der Waals surface area contributed by atoms with Crippen LogP contribution in [0, 0.1) is 6.92 Å². The molecule has 0 bridgehead atoms. The predicted octanol–water partition coefficient (Wildman–Crippen LogP) is 3.79. The zero-order valence-corrected chi connectivity index (χ0v) is 18.6. The first-order chi connectivity index (χ1) is 14.3. The molecule has 30 heavy (non-hydrogen) atoms. The second-order valence-electron chi connectivity index (χ2n) is 8.46. The van der Waals surface area contributed by atoms with Gasteiger partial charge in [-0.2, -0.15) is 4.98 Å². The van der Waals surface area contributed by atoms with E-state index >= 15 is 0 Å². The average molecular weight is 412 g/mol. The van der Waals surface area contributed by atoms with Crippen molar-refractivity contribution in [2.24, 2.45) is 0 Å². The van der Waals surface area contributed by atoms with E-state index in [2.05, 4.69) is 20.6 Å². The standard InChI is InChI=1S/C23H33N5O2/c1-15(2)30-20-8-6-7-17(13-20)22(29)25-18-9-11-19(12-10-18)26-23-24-14-16(3)21(27-23)28(4)5/h6-8,13-15,18-19H,9-12H2,1-5H3,(H,25,29)(H,24,26,27)/t18-,19+. The van der Waals surface area contributed by atoms with E-state index < -0.39 is 0 Å². The van der Waals surface area contributed by atoms with Crippen LogP contribution in [0.5, 0.6) is 5.75 Å². The van der Waals surface area contributed by atoms with Crippen LogP contribution in [0.25, 0.3) is 0 Å². The first kappa shape index (κ1) is 21.9. The number of nitrogens with zero attached hydrogens (tertiary/aromatic N) is 3. The van der Waals surface area contributed by atoms with Crippen LogP contribution < -0.4 is 20.3 Å². The van der Waals surface area contributed by atoms with E-state index in [4.69, 9.17) is 4.74 Å². The van der Waals surface area contributed by atoms with Crippen molar-refractivity contribution in [1.82, 2.24) is 15.3 Å². The summed E-state index contributed by atoms with van der Waals surface area (Å²) in [4.78, 5) is 23.7. The molecule has 1 aliphatic rings. The summed E-state index contributed by atoms with van der Waals surface area (Å²) in [6.45, 7) is 5.96. The lowest BCUT2D eigenvalue weighted by Gasteiger charge is -2.30. The molecule has 0 spiro atoms. The van der Waals surface area contributed by atoms with E-state index in [-0.39, 0.29) is 18.1 Å². The summed E-state index contributed by atoms with van der Waals surface area (Å²) < 4.78 is 5.69. The molecule has 7 nitrogen and oxygen atoms in total. The smallest absolute Gasteiger partial charge is 0.251 e. The summed E-state index contributed by atoms with van der Waals surface area (Å²) in [6, 6.07) is 7.87. The van der Waals surface area contributed by atoms with Gasteiger partial charge in [-0.15, -0.1) is 0 Å². The third-order valence-electron chi connectivity index (χ3n) is 5.23. The largest absolute Gasteiger partial charge is 0.491 e. The van der Waals surface area contributed by atoms with Gasteiger partial charge in [0.2, 0.25) is 5.95 Å². The molecule has 2 aromatic rings. The van der Waals surface area contributed by atoms with Gasteiger partial charge in [0.15, 0.2) is 0 Å². The van der Waals surface area contributed by atoms with E-state index in [1.807, 2.05) is 64.2 Å². The Kier molecular flexibility index (Phi) is 7.13. The summed E-state index contributed by atoms with van der Waals surface area (Å²) >= 11 is 0. The number of anilines is 2. The Morgan fingerprint density at radius 2 is 1.87 bits per heavy atom. The maximum absolute atomic E-state index is 12.6. The van der Waals surface area contributed by atoms with Gasteiger partial charge in [-0.1, -0.05) is 6.07 Å². The SMILES string of the molecule is Cc1cnc(N[C@H]2CC[C@@H](NC(=O)c3cccc(OC(C)C)c3)CC2)nc1N(C)C. The maximum Gasteiger partial charge on any atom is 0.251 e. The van der Waals surface area contributed by atoms with Gasteiger partial charge in [-0.25, -0.2) is 4.98 Å². The van der Waals surface area contributed by atoms with Crippen LogP contribution in [0.3, 0.4) is 0 Å². The Morgan fingerprint density at radius 3 is 2.53 bits per heavy atom. The minimum atomic E-state index is -0.0434. The van der Waals surface area contributed by atoms with Gasteiger partial charge >= 0.3 is 0 Å². The fraction of sp³-hybridized carbons (Fsp3) is 0.522. The van der Waals surface area contributed by atoms with Crippen LogP contribution in [0.1, 0.15) is 55.5 Å². The van der Waals surface area contributed by atoms with E-state index in [1.54, 1.807) is 6.07 Å². The van der Waals surface area contributed by atoms with E-state index in [9.17, 15) is 4.79 Å². The number of hydrogen-bond donors (Lipinski definition) is 2. The van der Waals surface area contributed by atoms with Crippen LogP contribution in [-0.4, -0.2) is 48.2 Å². The number of nitrogens with one attached hydrogen (secondary N) is 2. The van der Waals surface area contributed by atoms with Crippen LogP contribution in [0.4, 0.5) is 11.8 Å². The maximum atomic E-state index is 12.6. The zero-order chi connectivity index (χ0) is 21.7. The van der Waals surface area contributed by atoms with Gasteiger partial charge in [0.05, 0.1) is 6.10 Å². The highest BCUT2D eigenvalue weighted by atomic mass is 16.5. The molecular weight excluding hydrogens is 378 g/mol. The van der Waals surface area contributed by atoms with Crippen molar-refractivity contribution < 1.29 is 9.53 Å². The van der Waals surface area contributed by atoms with Gasteiger partial charge in [0, 0.05) is 43.5 Å². The molecule has 1 saturated carbocycles. The van der Waals surface area contributed by atoms with Gasteiger partial charge in [-0.05, 0) is 64.7 Å². The van der Waals surface area contributed by atoms with Gasteiger partial charge in [-0.3, -0.25) is 4.79 Å². The molecule has 1 heterocycles. The van der Waals surface area contributed by atoms with E-state index in [0.717, 1.165) is 42.8 Å². The van der Waals surface area contributed by atoms with E-state index in [0.29, 0.717) is 17.6 Å². The van der Waals surface area contributed by atoms with Crippen molar-refractivity contribution in [3.8, 4) is 5.75 Å². The Bertz CT molecular complexity index is 860. The minimum Gasteiger partial charge on any atom is -0.491 e. The zero-order valence-electron chi connectivity index (χ0n) is 18.6. The molecule has 0 atom stereocenters. The first-order valence-corrected chi connectivity index (χ1v) is 10.7. The molecule has 1 aromatic carbocycles. The molecule has 162 valence electrons. The molecule has 0 unspecified atom stereocenters. The monoisotopic (exact) mass is 411 g/mol. The van der Waals surface area contributed by atoms with Crippen molar-refractivity contribution in [3.05, 3.63) is 41.6 Å². The summed E-state index contributed by atoms with van der Waals surface area (Å²) in [6.07, 6.45) is 5.73. The number of aryl methyl sites for hydroxylation is 1. The quantitative estimate of drug-likeness (QED) is 0.722. The third kappa shape index (κ3) is 5.84. The van der Waals surface area contributed by atoms with Crippen LogP contribution in [-0.2, 0) is 0 Å². The number of ether oxygens (including phenoxy) is 1. The van der Waals surface area contributed by atoms with Crippen molar-refractivity contribution in [1.29, 1.82) is 0 Å². The van der Waals surface area contributed by atoms with Gasteiger partial charge in [0.1, 0.15) is 11.6 Å². The fourth-order valence-electron chi connectivity index (χ4n) is 3.77. The van der Waals surface area contributed by atoms with Crippen molar-refractivity contribution >= 4 is 17.7 Å². The highest BCUT2D eigenvalue weighted by molar-refractivity contribution is 5.94. The summed E-state index contributed by atoms with van der Waals surface area (Å²) in [5.74, 6) is 2.27. The van der Waals surface area contributed by atoms with Crippen molar-refractivity contribution in [2.45, 2.75) is 64.6 Å². The van der Waals surface area contributed by atoms with E-state index in [1.165, 1.54) is 0 Å². The Balaban J connectivity index is 1.51. The molecule has 2 N–H and O–H groups in total. The number of rotatable bonds is 7. The number of aromatic nitrogens is 2. The lowest BCUT2D eigenvalue weighted by Crippen LogP contribution is -2.40. The Hall–Kier alpha value is -2.83. The predicted molar refractivity (Wildman–Crippen MR) is 120 cm³/mol. The number of benzene rings is 1. The second kappa shape index (κ2) is 9.78. The highest BCUT2D eigenvalue weighted by Crippen LogP contribution is 2.23. The normalized spacial score (nSPS) is 18.7. The van der Waals surface area contributed by atoms with Crippen LogP contribution in [0.15, 0.2) is 30.5 Å². The molecular formula is C23H33N5O2. The Labute approximate surface area is 179 Å². The molecule has 1 aromatic heterocycles. The molecule has 1 fully saturated rings. The minimum absolute atomic E-state index is 0.0434. The van der Waals surface area contributed by atoms with Crippen LogP contribution in [0.2, 0.25) is 0 Å². The molecule has 1 amide bonds. The van der Waals surface area contributed by atoms with Crippen molar-refractivity contribution in [2.75, 3.05) is 24.3 Å². The second-order valence-corrected chi connectivity index (χ2v) is 8.46. The van der Waals surface area contributed by atoms with Gasteiger partial charge in [0.25, 0.3) is 5.91 Å². The summed E-state index contributed by atoms with van der Waals surface area (Å²) in [5.41, 5.74) is 1.69. The topological polar surface area (TPSA) is 79.4 Å². The highest BCUT2D eigenvalue weighted by Gasteiger charge is 2.23. The lowest BCUT2D eigenvalue weighted by atomic mass is 9.91. The van der Waals surface area contributed by atoms with Gasteiger partial charge < -0.3 is 20.3 Å². The number of carbonyl (C=O) groups is 1. The third-order valence-corrected chi connectivity index (χ3v) is 5.23. The first-order valence-electron chi connectivity index (χ1n) is 10.7. The summed E-state index contributed by atoms with van der Waals surface area (Å²) in [5, 5.41) is 6.63. The lowest BCUT2D eigenvalue weighted by molar-refractivity contribution is 0.0925. The molecule has 7 heteroatoms. The number of hydrogen-bond acceptors (Lipinski definition) is 6. The summed E-state index contributed by atoms with van der Waals surface area (Å²) in [7, 11) is 3.97. The number of amides is 1. The molecule has 0 aliphatic heterocycles.